The molecule has 0 bridgehead atoms. The zero-order chi connectivity index (χ0) is 50.0. The highest BCUT2D eigenvalue weighted by Crippen LogP contribution is 2.43. The van der Waals surface area contributed by atoms with Crippen molar-refractivity contribution in [1.29, 1.82) is 0 Å². The molecule has 70 heavy (non-hydrogen) atoms. The molecule has 3 aliphatic heterocycles. The van der Waals surface area contributed by atoms with E-state index in [9.17, 15) is 32.7 Å². The van der Waals surface area contributed by atoms with E-state index in [4.69, 9.17) is 4.98 Å². The van der Waals surface area contributed by atoms with Crippen molar-refractivity contribution >= 4 is 46.2 Å². The summed E-state index contributed by atoms with van der Waals surface area (Å²) < 4.78 is 45.2. The van der Waals surface area contributed by atoms with Gasteiger partial charge in [-0.2, -0.15) is 13.2 Å². The number of alkyl halides is 3. The lowest BCUT2D eigenvalue weighted by atomic mass is 9.87. The van der Waals surface area contributed by atoms with Gasteiger partial charge in [0.25, 0.3) is 11.5 Å². The number of piperidine rings is 1. The van der Waals surface area contributed by atoms with Gasteiger partial charge in [0.1, 0.15) is 16.9 Å². The van der Waals surface area contributed by atoms with Crippen LogP contribution >= 0.6 is 0 Å². The van der Waals surface area contributed by atoms with E-state index < -0.39 is 29.7 Å². The Kier molecular flexibility index (Phi) is 12.7. The van der Waals surface area contributed by atoms with Gasteiger partial charge in [-0.25, -0.2) is 9.97 Å². The number of aryl methyl sites for hydroxylation is 1. The maximum absolute atomic E-state index is 14.1. The number of rotatable bonds is 11. The number of aliphatic hydroxyl groups is 1. The summed E-state index contributed by atoms with van der Waals surface area (Å²) in [6, 6.07) is 13.0. The number of fused-ring (bicyclic) bond motifs is 3. The highest BCUT2D eigenvalue weighted by atomic mass is 19.4. The van der Waals surface area contributed by atoms with E-state index in [0.29, 0.717) is 65.9 Å². The van der Waals surface area contributed by atoms with Crippen molar-refractivity contribution < 1.29 is 27.9 Å². The zero-order valence-corrected chi connectivity index (χ0v) is 40.9. The number of aromatic nitrogens is 5. The predicted molar refractivity (Wildman–Crippen MR) is 266 cm³/mol. The van der Waals surface area contributed by atoms with E-state index in [1.54, 1.807) is 48.6 Å². The number of hydrogen-bond acceptors (Lipinski definition) is 11. The number of nitrogens with zero attached hydrogens (tertiary/aromatic N) is 9. The van der Waals surface area contributed by atoms with E-state index in [1.165, 1.54) is 28.1 Å². The third kappa shape index (κ3) is 8.95. The molecule has 1 unspecified atom stereocenters. The Morgan fingerprint density at radius 2 is 1.73 bits per heavy atom. The van der Waals surface area contributed by atoms with Crippen molar-refractivity contribution in [2.75, 3.05) is 58.1 Å². The van der Waals surface area contributed by atoms with Gasteiger partial charge in [0.2, 0.25) is 5.91 Å². The Labute approximate surface area is 406 Å². The van der Waals surface area contributed by atoms with Crippen LogP contribution in [0.4, 0.5) is 47.6 Å². The van der Waals surface area contributed by atoms with E-state index in [-0.39, 0.29) is 41.0 Å². The van der Waals surface area contributed by atoms with Crippen LogP contribution in [0.25, 0.3) is 11.3 Å². The number of hydrogen-bond donors (Lipinski definition) is 3. The van der Waals surface area contributed by atoms with Gasteiger partial charge in [0.15, 0.2) is 5.82 Å². The van der Waals surface area contributed by atoms with Crippen LogP contribution in [0.2, 0.25) is 0 Å². The molecule has 15 nitrogen and oxygen atoms in total. The second kappa shape index (κ2) is 18.3. The monoisotopic (exact) mass is 961 g/mol. The molecule has 3 N–H and O–H groups in total. The SMILES string of the molecule is C=CC(=O)Nc1cc(Nc2nc(-c3ccnc(N4CCn5c(cc6c5CC(C)(C)C6)C4=O)c3CO)cn(C)c2=O)ccc1N1CCN(C2CCN(c3ccnc(C(C)(C)C(F)(F)F)c3)[C@H](C)C2)C[C@@H]1C. The smallest absolute Gasteiger partial charge is 0.392 e. The number of pyridine rings is 2. The molecule has 370 valence electrons. The lowest BCUT2D eigenvalue weighted by Crippen LogP contribution is -2.58. The van der Waals surface area contributed by atoms with Crippen LogP contribution in [0.1, 0.15) is 87.4 Å². The molecule has 1 aromatic carbocycles. The number of aliphatic hydroxyl groups excluding tert-OH is 1. The normalized spacial score (nSPS) is 20.6. The minimum Gasteiger partial charge on any atom is -0.392 e. The molecule has 0 radical (unpaired) electrons. The molecule has 2 saturated heterocycles. The van der Waals surface area contributed by atoms with Gasteiger partial charge < -0.3 is 34.7 Å². The molecule has 0 spiro atoms. The Hall–Kier alpha value is -6.53. The number of carbonyl (C=O) groups excluding carboxylic acids is 2. The first-order valence-electron chi connectivity index (χ1n) is 24.0. The van der Waals surface area contributed by atoms with E-state index in [2.05, 4.69) is 74.1 Å². The molecule has 2 fully saturated rings. The number of nitrogens with one attached hydrogen (secondary N) is 2. The minimum atomic E-state index is -4.43. The second-order valence-electron chi connectivity index (χ2n) is 20.7. The molecule has 4 aliphatic rings. The number of piperazine rings is 1. The molecule has 18 heteroatoms. The van der Waals surface area contributed by atoms with Crippen LogP contribution in [-0.2, 0) is 43.3 Å². The van der Waals surface area contributed by atoms with Crippen LogP contribution in [0.3, 0.4) is 0 Å². The highest BCUT2D eigenvalue weighted by molar-refractivity contribution is 6.06. The van der Waals surface area contributed by atoms with Crippen molar-refractivity contribution in [1.82, 2.24) is 29.0 Å². The maximum Gasteiger partial charge on any atom is 0.399 e. The van der Waals surface area contributed by atoms with Gasteiger partial charge in [0, 0.05) is 111 Å². The number of carbonyl (C=O) groups is 2. The maximum atomic E-state index is 14.1. The average molecular weight is 962 g/mol. The average Bonchev–Trinajstić information content (AvgIpc) is 3.82. The standard InChI is InChI=1S/C52H62F3N11O4/c1-9-45(68)59-39-24-34(10-11-41(39)64-19-18-62(28-32(64)3)35-14-17-63(31(2)22-35)36-12-15-56-44(25-36)51(6,7)52(53,54)55)58-46-49(70)61(8)29-40(60-46)37-13-16-57-47(38(37)30-67)66-21-20-65-42(48(66)69)23-33-26-50(4,5)27-43(33)65/h9-13,15-16,23-25,29,31-32,35,67H,1,14,17-22,26-28,30H2,2-8H3,(H,58,60)(H,59,68)/t31-,32+,35?/m1/s1. The number of anilines is 6. The highest BCUT2D eigenvalue weighted by Gasteiger charge is 2.50. The Bertz CT molecular complexity index is 2930. The van der Waals surface area contributed by atoms with Crippen LogP contribution < -0.4 is 30.9 Å². The Morgan fingerprint density at radius 3 is 2.44 bits per heavy atom. The van der Waals surface area contributed by atoms with Crippen LogP contribution in [0, 0.1) is 5.41 Å². The summed E-state index contributed by atoms with van der Waals surface area (Å²) in [6.45, 7) is 18.2. The Morgan fingerprint density at radius 1 is 0.957 bits per heavy atom. The predicted octanol–water partition coefficient (Wildman–Crippen LogP) is 7.59. The molecule has 0 saturated carbocycles. The van der Waals surface area contributed by atoms with Gasteiger partial charge in [-0.15, -0.1) is 0 Å². The number of halogens is 3. The first-order chi connectivity index (χ1) is 33.2. The number of amides is 2. The molecular formula is C52H62F3N11O4. The Balaban J connectivity index is 0.913. The summed E-state index contributed by atoms with van der Waals surface area (Å²) >= 11 is 0. The summed E-state index contributed by atoms with van der Waals surface area (Å²) in [5, 5.41) is 17.0. The van der Waals surface area contributed by atoms with Crippen molar-refractivity contribution in [2.24, 2.45) is 12.5 Å². The third-order valence-corrected chi connectivity index (χ3v) is 14.9. The summed E-state index contributed by atoms with van der Waals surface area (Å²) in [4.78, 5) is 62.6. The fourth-order valence-corrected chi connectivity index (χ4v) is 10.9. The topological polar surface area (TPSA) is 157 Å². The van der Waals surface area contributed by atoms with Crippen molar-refractivity contribution in [3.63, 3.8) is 0 Å². The van der Waals surface area contributed by atoms with E-state index in [0.717, 1.165) is 64.0 Å². The summed E-state index contributed by atoms with van der Waals surface area (Å²) in [5.74, 6) is -0.232. The largest absolute Gasteiger partial charge is 0.399 e. The third-order valence-electron chi connectivity index (χ3n) is 14.9. The summed E-state index contributed by atoms with van der Waals surface area (Å²) in [7, 11) is 1.62. The van der Waals surface area contributed by atoms with Gasteiger partial charge in [-0.3, -0.25) is 29.2 Å². The molecule has 1 aliphatic carbocycles. The van der Waals surface area contributed by atoms with Crippen LogP contribution in [0.5, 0.6) is 0 Å². The summed E-state index contributed by atoms with van der Waals surface area (Å²) in [5.41, 5.74) is 4.57. The molecular weight excluding hydrogens is 900 g/mol. The first-order valence-corrected chi connectivity index (χ1v) is 24.0. The molecule has 4 aromatic heterocycles. The molecule has 3 atom stereocenters. The van der Waals surface area contributed by atoms with Crippen LogP contribution in [0.15, 0.2) is 78.5 Å². The zero-order valence-electron chi connectivity index (χ0n) is 40.9. The molecule has 9 rings (SSSR count). The quantitative estimate of drug-likeness (QED) is 0.112. The number of benzene rings is 1. The van der Waals surface area contributed by atoms with Gasteiger partial charge in [-0.1, -0.05) is 20.4 Å². The van der Waals surface area contributed by atoms with Gasteiger partial charge in [0.05, 0.1) is 29.4 Å². The van der Waals surface area contributed by atoms with E-state index in [1.807, 2.05) is 18.2 Å². The van der Waals surface area contributed by atoms with Gasteiger partial charge in [-0.05, 0) is 113 Å². The van der Waals surface area contributed by atoms with Crippen LogP contribution in [-0.4, -0.2) is 103 Å². The first kappa shape index (κ1) is 48.5. The van der Waals surface area contributed by atoms with Crippen molar-refractivity contribution in [3.8, 4) is 11.3 Å². The second-order valence-corrected chi connectivity index (χ2v) is 20.7. The van der Waals surface area contributed by atoms with Crippen molar-refractivity contribution in [2.45, 2.75) is 110 Å². The van der Waals surface area contributed by atoms with Crippen molar-refractivity contribution in [3.05, 3.63) is 112 Å². The van der Waals surface area contributed by atoms with E-state index >= 15 is 0 Å². The fraction of sp³-hybridized carbons (Fsp3) is 0.462. The minimum absolute atomic E-state index is 0.00305. The fourth-order valence-electron chi connectivity index (χ4n) is 10.9. The summed E-state index contributed by atoms with van der Waals surface area (Å²) in [6.07, 6.45) is 4.93. The molecule has 5 aromatic rings. The van der Waals surface area contributed by atoms with Gasteiger partial charge >= 0.3 is 6.18 Å². The lowest BCUT2D eigenvalue weighted by molar-refractivity contribution is -0.181. The molecule has 7 heterocycles. The molecule has 2 amide bonds. The lowest BCUT2D eigenvalue weighted by Gasteiger charge is -2.48.